The smallest absolute Gasteiger partial charge is 0.423 e. The summed E-state index contributed by atoms with van der Waals surface area (Å²) in [5.41, 5.74) is 1.24. The monoisotopic (exact) mass is 258 g/mol. The Hall–Kier alpha value is -2.05. The van der Waals surface area contributed by atoms with Crippen molar-refractivity contribution in [1.29, 1.82) is 0 Å². The van der Waals surface area contributed by atoms with Gasteiger partial charge in [0.1, 0.15) is 5.75 Å². The highest BCUT2D eigenvalue weighted by atomic mass is 19.4. The molecule has 2 rings (SSSR count). The largest absolute Gasteiger partial charge is 0.573 e. The van der Waals surface area contributed by atoms with E-state index in [4.69, 9.17) is 4.42 Å². The molecule has 0 spiro atoms. The zero-order valence-corrected chi connectivity index (χ0v) is 9.36. The fourth-order valence-corrected chi connectivity index (χ4v) is 1.55. The number of rotatable bonds is 3. The Labute approximate surface area is 100 Å². The van der Waals surface area contributed by atoms with Gasteiger partial charge in [-0.1, -0.05) is 13.0 Å². The second-order valence-corrected chi connectivity index (χ2v) is 3.46. The van der Waals surface area contributed by atoms with Crippen molar-refractivity contribution in [1.82, 2.24) is 10.2 Å². The average molecular weight is 258 g/mol. The molecule has 0 radical (unpaired) electrons. The predicted molar refractivity (Wildman–Crippen MR) is 55.8 cm³/mol. The van der Waals surface area contributed by atoms with Crippen LogP contribution in [0.1, 0.15) is 12.5 Å². The molecule has 1 aromatic heterocycles. The molecular weight excluding hydrogens is 249 g/mol. The average Bonchev–Trinajstić information content (AvgIpc) is 2.80. The molecule has 0 saturated heterocycles. The molecule has 0 fully saturated rings. The lowest BCUT2D eigenvalue weighted by atomic mass is 10.0. The molecule has 1 heterocycles. The Morgan fingerprint density at radius 3 is 2.67 bits per heavy atom. The number of hydrogen-bond acceptors (Lipinski definition) is 4. The van der Waals surface area contributed by atoms with E-state index in [0.717, 1.165) is 12.0 Å². The highest BCUT2D eigenvalue weighted by molar-refractivity contribution is 5.60. The van der Waals surface area contributed by atoms with Gasteiger partial charge in [-0.2, -0.15) is 0 Å². The summed E-state index contributed by atoms with van der Waals surface area (Å²) >= 11 is 0. The van der Waals surface area contributed by atoms with E-state index in [-0.39, 0.29) is 11.6 Å². The Morgan fingerprint density at radius 1 is 1.33 bits per heavy atom. The van der Waals surface area contributed by atoms with E-state index in [1.54, 1.807) is 6.07 Å². The van der Waals surface area contributed by atoms with Gasteiger partial charge in [0.15, 0.2) is 0 Å². The van der Waals surface area contributed by atoms with Crippen LogP contribution >= 0.6 is 0 Å². The van der Waals surface area contributed by atoms with Crippen molar-refractivity contribution in [3.8, 4) is 17.2 Å². The maximum atomic E-state index is 12.1. The number of hydrogen-bond donors (Lipinski definition) is 0. The van der Waals surface area contributed by atoms with Gasteiger partial charge in [-0.3, -0.25) is 0 Å². The molecule has 18 heavy (non-hydrogen) atoms. The molecule has 0 aliphatic heterocycles. The van der Waals surface area contributed by atoms with Crippen LogP contribution in [0.3, 0.4) is 0 Å². The molecule has 0 atom stereocenters. The van der Waals surface area contributed by atoms with Gasteiger partial charge in [-0.15, -0.1) is 23.4 Å². The van der Waals surface area contributed by atoms with Gasteiger partial charge >= 0.3 is 6.36 Å². The van der Waals surface area contributed by atoms with Crippen molar-refractivity contribution in [3.05, 3.63) is 30.2 Å². The first-order valence-corrected chi connectivity index (χ1v) is 5.15. The van der Waals surface area contributed by atoms with Gasteiger partial charge in [0.2, 0.25) is 12.3 Å². The molecule has 7 heteroatoms. The van der Waals surface area contributed by atoms with Gasteiger partial charge < -0.3 is 9.15 Å². The van der Waals surface area contributed by atoms with Crippen molar-refractivity contribution in [2.45, 2.75) is 19.7 Å². The summed E-state index contributed by atoms with van der Waals surface area (Å²) in [6.07, 6.45) is -2.98. The van der Waals surface area contributed by atoms with E-state index in [0.29, 0.717) is 12.0 Å². The third-order valence-electron chi connectivity index (χ3n) is 2.29. The number of halogens is 3. The van der Waals surface area contributed by atoms with Gasteiger partial charge in [0, 0.05) is 5.56 Å². The van der Waals surface area contributed by atoms with Crippen molar-refractivity contribution < 1.29 is 22.3 Å². The van der Waals surface area contributed by atoms with Crippen molar-refractivity contribution in [2.75, 3.05) is 0 Å². The molecule has 0 aliphatic rings. The highest BCUT2D eigenvalue weighted by Crippen LogP contribution is 2.30. The number of benzene rings is 1. The van der Waals surface area contributed by atoms with Crippen LogP contribution in [0.25, 0.3) is 11.5 Å². The van der Waals surface area contributed by atoms with Crippen molar-refractivity contribution in [3.63, 3.8) is 0 Å². The fraction of sp³-hybridized carbons (Fsp3) is 0.273. The molecule has 0 unspecified atom stereocenters. The molecule has 1 aromatic carbocycles. The SMILES string of the molecule is CCc1ccc(OC(F)(F)F)cc1-c1nnco1. The maximum Gasteiger partial charge on any atom is 0.573 e. The van der Waals surface area contributed by atoms with E-state index < -0.39 is 6.36 Å². The Bertz CT molecular complexity index is 524. The van der Waals surface area contributed by atoms with Crippen LogP contribution in [0.4, 0.5) is 13.2 Å². The molecule has 4 nitrogen and oxygen atoms in total. The molecular formula is C11H9F3N2O2. The zero-order valence-electron chi connectivity index (χ0n) is 9.36. The lowest BCUT2D eigenvalue weighted by molar-refractivity contribution is -0.274. The summed E-state index contributed by atoms with van der Waals surface area (Å²) in [4.78, 5) is 0. The first kappa shape index (κ1) is 12.4. The second-order valence-electron chi connectivity index (χ2n) is 3.46. The number of alkyl halides is 3. The van der Waals surface area contributed by atoms with E-state index in [1.807, 2.05) is 6.92 Å². The summed E-state index contributed by atoms with van der Waals surface area (Å²) in [6, 6.07) is 4.03. The van der Waals surface area contributed by atoms with Crippen molar-refractivity contribution >= 4 is 0 Å². The summed E-state index contributed by atoms with van der Waals surface area (Å²) in [6.45, 7) is 1.87. The van der Waals surface area contributed by atoms with Crippen LogP contribution in [-0.4, -0.2) is 16.6 Å². The van der Waals surface area contributed by atoms with E-state index in [1.165, 1.54) is 12.1 Å². The topological polar surface area (TPSA) is 48.2 Å². The summed E-state index contributed by atoms with van der Waals surface area (Å²) in [7, 11) is 0. The summed E-state index contributed by atoms with van der Waals surface area (Å²) in [5.74, 6) is -0.146. The van der Waals surface area contributed by atoms with Crippen LogP contribution < -0.4 is 4.74 Å². The summed E-state index contributed by atoms with van der Waals surface area (Å²) in [5, 5.41) is 7.18. The molecule has 0 bridgehead atoms. The van der Waals surface area contributed by atoms with Crippen LogP contribution in [-0.2, 0) is 6.42 Å². The second kappa shape index (κ2) is 4.67. The maximum absolute atomic E-state index is 12.1. The van der Waals surface area contributed by atoms with Gasteiger partial charge in [-0.05, 0) is 24.1 Å². The standard InChI is InChI=1S/C11H9F3N2O2/c1-2-7-3-4-8(18-11(12,13)14)5-9(7)10-16-15-6-17-10/h3-6H,2H2,1H3. The molecule has 0 saturated carbocycles. The zero-order chi connectivity index (χ0) is 13.2. The molecule has 96 valence electrons. The number of nitrogens with zero attached hydrogens (tertiary/aromatic N) is 2. The highest BCUT2D eigenvalue weighted by Gasteiger charge is 2.31. The Kier molecular flexibility index (Phi) is 3.22. The Morgan fingerprint density at radius 2 is 2.11 bits per heavy atom. The van der Waals surface area contributed by atoms with Gasteiger partial charge in [-0.25, -0.2) is 0 Å². The molecule has 2 aromatic rings. The minimum atomic E-state index is -4.72. The van der Waals surface area contributed by atoms with E-state index >= 15 is 0 Å². The predicted octanol–water partition coefficient (Wildman–Crippen LogP) is 3.20. The number of aryl methyl sites for hydroxylation is 1. The lowest BCUT2D eigenvalue weighted by Crippen LogP contribution is -2.17. The van der Waals surface area contributed by atoms with Crippen LogP contribution in [0.5, 0.6) is 5.75 Å². The van der Waals surface area contributed by atoms with Crippen LogP contribution in [0, 0.1) is 0 Å². The van der Waals surface area contributed by atoms with Crippen LogP contribution in [0.15, 0.2) is 29.0 Å². The quantitative estimate of drug-likeness (QED) is 0.848. The van der Waals surface area contributed by atoms with Crippen LogP contribution in [0.2, 0.25) is 0 Å². The van der Waals surface area contributed by atoms with Gasteiger partial charge in [0.05, 0.1) is 0 Å². The lowest BCUT2D eigenvalue weighted by Gasteiger charge is -2.11. The van der Waals surface area contributed by atoms with Gasteiger partial charge in [0.25, 0.3) is 0 Å². The first-order chi connectivity index (χ1) is 8.49. The fourth-order valence-electron chi connectivity index (χ4n) is 1.55. The molecule has 0 aliphatic carbocycles. The first-order valence-electron chi connectivity index (χ1n) is 5.15. The normalized spacial score (nSPS) is 11.6. The third kappa shape index (κ3) is 2.79. The third-order valence-corrected chi connectivity index (χ3v) is 2.29. The van der Waals surface area contributed by atoms with E-state index in [2.05, 4.69) is 14.9 Å². The number of ether oxygens (including phenoxy) is 1. The minimum Gasteiger partial charge on any atom is -0.423 e. The molecule has 0 amide bonds. The van der Waals surface area contributed by atoms with E-state index in [9.17, 15) is 13.2 Å². The molecule has 0 N–H and O–H groups in total. The number of aromatic nitrogens is 2. The Balaban J connectivity index is 2.40. The minimum absolute atomic E-state index is 0.166. The summed E-state index contributed by atoms with van der Waals surface area (Å²) < 4.78 is 45.2. The van der Waals surface area contributed by atoms with Crippen molar-refractivity contribution in [2.24, 2.45) is 0 Å².